The number of hydrogen-bond acceptors (Lipinski definition) is 7. The fraction of sp³-hybridized carbons (Fsp3) is 0.150. The number of amides is 1. The van der Waals surface area contributed by atoms with E-state index in [1.807, 2.05) is 0 Å². The van der Waals surface area contributed by atoms with Crippen molar-refractivity contribution in [3.63, 3.8) is 0 Å². The molecular weight excluding hydrogens is 362 g/mol. The van der Waals surface area contributed by atoms with Crippen LogP contribution in [0, 0.1) is 0 Å². The van der Waals surface area contributed by atoms with Crippen molar-refractivity contribution in [2.75, 3.05) is 18.5 Å². The second-order valence-corrected chi connectivity index (χ2v) is 5.65. The van der Waals surface area contributed by atoms with Gasteiger partial charge in [-0.1, -0.05) is 12.1 Å². The van der Waals surface area contributed by atoms with Gasteiger partial charge in [-0.25, -0.2) is 9.59 Å². The summed E-state index contributed by atoms with van der Waals surface area (Å²) < 4.78 is 10.00. The van der Waals surface area contributed by atoms with Crippen LogP contribution in [0.15, 0.2) is 54.9 Å². The molecule has 0 unspecified atom stereocenters. The van der Waals surface area contributed by atoms with Gasteiger partial charge in [-0.05, 0) is 37.3 Å². The van der Waals surface area contributed by atoms with Crippen LogP contribution in [0.5, 0.6) is 0 Å². The number of fused-ring (bicyclic) bond motifs is 1. The largest absolute Gasteiger partial charge is 0.462 e. The highest BCUT2D eigenvalue weighted by atomic mass is 16.5. The van der Waals surface area contributed by atoms with E-state index >= 15 is 0 Å². The summed E-state index contributed by atoms with van der Waals surface area (Å²) in [6.45, 7) is 1.40. The maximum Gasteiger partial charge on any atom is 0.340 e. The number of carbonyl (C=O) groups is 3. The highest BCUT2D eigenvalue weighted by Gasteiger charge is 2.16. The summed E-state index contributed by atoms with van der Waals surface area (Å²) in [5, 5.41) is 2.55. The lowest BCUT2D eigenvalue weighted by molar-refractivity contribution is -0.119. The quantitative estimate of drug-likeness (QED) is 0.656. The zero-order valence-corrected chi connectivity index (χ0v) is 15.0. The number of hydrogen-bond donors (Lipinski definition) is 1. The van der Waals surface area contributed by atoms with Crippen molar-refractivity contribution in [2.45, 2.75) is 6.92 Å². The first-order valence-corrected chi connectivity index (χ1v) is 8.52. The van der Waals surface area contributed by atoms with Gasteiger partial charge in [0, 0.05) is 12.4 Å². The van der Waals surface area contributed by atoms with Crippen LogP contribution in [0.4, 0.5) is 5.69 Å². The summed E-state index contributed by atoms with van der Waals surface area (Å²) in [5.74, 6) is -1.79. The molecule has 1 amide bonds. The molecule has 142 valence electrons. The molecule has 3 rings (SSSR count). The van der Waals surface area contributed by atoms with Gasteiger partial charge in [0.2, 0.25) is 0 Å². The van der Waals surface area contributed by atoms with E-state index in [1.54, 1.807) is 49.5 Å². The molecule has 0 aliphatic heterocycles. The number of para-hydroxylation sites is 1. The second-order valence-electron chi connectivity index (χ2n) is 5.65. The summed E-state index contributed by atoms with van der Waals surface area (Å²) in [6, 6.07) is 11.2. The lowest BCUT2D eigenvalue weighted by atomic mass is 10.2. The Kier molecular flexibility index (Phi) is 5.91. The van der Waals surface area contributed by atoms with Crippen molar-refractivity contribution in [1.82, 2.24) is 9.97 Å². The molecule has 1 heterocycles. The molecule has 0 radical (unpaired) electrons. The number of esters is 2. The number of nitrogens with zero attached hydrogens (tertiary/aromatic N) is 2. The maximum absolute atomic E-state index is 12.2. The predicted molar refractivity (Wildman–Crippen MR) is 101 cm³/mol. The second kappa shape index (κ2) is 8.72. The van der Waals surface area contributed by atoms with E-state index in [-0.39, 0.29) is 23.4 Å². The number of aromatic nitrogens is 2. The first-order valence-electron chi connectivity index (χ1n) is 8.52. The molecular formula is C20H17N3O5. The minimum atomic E-state index is -0.665. The molecule has 0 bridgehead atoms. The summed E-state index contributed by atoms with van der Waals surface area (Å²) in [5.41, 5.74) is 1.95. The first-order chi connectivity index (χ1) is 13.6. The molecule has 0 aliphatic rings. The zero-order chi connectivity index (χ0) is 19.9. The van der Waals surface area contributed by atoms with E-state index < -0.39 is 24.5 Å². The molecule has 0 saturated carbocycles. The van der Waals surface area contributed by atoms with Crippen LogP contribution in [0.25, 0.3) is 11.0 Å². The van der Waals surface area contributed by atoms with Gasteiger partial charge in [0.15, 0.2) is 6.61 Å². The highest BCUT2D eigenvalue weighted by molar-refractivity contribution is 6.02. The van der Waals surface area contributed by atoms with Gasteiger partial charge < -0.3 is 14.8 Å². The van der Waals surface area contributed by atoms with Gasteiger partial charge in [-0.2, -0.15) is 0 Å². The Balaban J connectivity index is 1.62. The molecule has 0 fully saturated rings. The first kappa shape index (κ1) is 19.0. The van der Waals surface area contributed by atoms with Crippen LogP contribution in [0.2, 0.25) is 0 Å². The smallest absolute Gasteiger partial charge is 0.340 e. The molecule has 3 aromatic rings. The summed E-state index contributed by atoms with van der Waals surface area (Å²) in [4.78, 5) is 44.5. The fourth-order valence-corrected chi connectivity index (χ4v) is 2.47. The van der Waals surface area contributed by atoms with E-state index in [0.717, 1.165) is 0 Å². The lowest BCUT2D eigenvalue weighted by Gasteiger charge is -2.10. The SMILES string of the molecule is CCOC(=O)c1ccccc1NC(=O)COC(=O)c1ccc2nccnc2c1. The van der Waals surface area contributed by atoms with Crippen LogP contribution in [0.1, 0.15) is 27.6 Å². The average molecular weight is 379 g/mol. The number of carbonyl (C=O) groups excluding carboxylic acids is 3. The normalized spacial score (nSPS) is 10.3. The number of rotatable bonds is 6. The van der Waals surface area contributed by atoms with Gasteiger partial charge in [0.1, 0.15) is 0 Å². The van der Waals surface area contributed by atoms with Gasteiger partial charge in [-0.3, -0.25) is 14.8 Å². The monoisotopic (exact) mass is 379 g/mol. The molecule has 28 heavy (non-hydrogen) atoms. The van der Waals surface area contributed by atoms with E-state index in [4.69, 9.17) is 9.47 Å². The molecule has 1 aromatic heterocycles. The Bertz CT molecular complexity index is 1040. The number of anilines is 1. The molecule has 8 heteroatoms. The van der Waals surface area contributed by atoms with E-state index in [2.05, 4.69) is 15.3 Å². The summed E-state index contributed by atoms with van der Waals surface area (Å²) >= 11 is 0. The Hall–Kier alpha value is -3.81. The molecule has 2 aromatic carbocycles. The summed E-state index contributed by atoms with van der Waals surface area (Å²) in [7, 11) is 0. The van der Waals surface area contributed by atoms with Crippen molar-refractivity contribution in [3.05, 3.63) is 66.0 Å². The highest BCUT2D eigenvalue weighted by Crippen LogP contribution is 2.16. The third-order valence-corrected chi connectivity index (χ3v) is 3.74. The van der Waals surface area contributed by atoms with Gasteiger partial charge in [0.25, 0.3) is 5.91 Å². The van der Waals surface area contributed by atoms with Crippen LogP contribution >= 0.6 is 0 Å². The predicted octanol–water partition coefficient (Wildman–Crippen LogP) is 2.60. The zero-order valence-electron chi connectivity index (χ0n) is 15.0. The van der Waals surface area contributed by atoms with Crippen LogP contribution in [-0.4, -0.2) is 41.0 Å². The Morgan fingerprint density at radius 1 is 0.929 bits per heavy atom. The molecule has 8 nitrogen and oxygen atoms in total. The van der Waals surface area contributed by atoms with E-state index in [1.165, 1.54) is 12.3 Å². The van der Waals surface area contributed by atoms with Crippen molar-refractivity contribution in [2.24, 2.45) is 0 Å². The van der Waals surface area contributed by atoms with Gasteiger partial charge in [-0.15, -0.1) is 0 Å². The minimum Gasteiger partial charge on any atom is -0.462 e. The lowest BCUT2D eigenvalue weighted by Crippen LogP contribution is -2.22. The molecule has 0 saturated heterocycles. The third kappa shape index (κ3) is 4.47. The number of benzene rings is 2. The average Bonchev–Trinajstić information content (AvgIpc) is 2.72. The van der Waals surface area contributed by atoms with E-state index in [9.17, 15) is 14.4 Å². The Morgan fingerprint density at radius 3 is 2.46 bits per heavy atom. The molecule has 0 spiro atoms. The van der Waals surface area contributed by atoms with Crippen molar-refractivity contribution >= 4 is 34.6 Å². The topological polar surface area (TPSA) is 107 Å². The molecule has 0 atom stereocenters. The van der Waals surface area contributed by atoms with Crippen molar-refractivity contribution in [1.29, 1.82) is 0 Å². The van der Waals surface area contributed by atoms with Crippen LogP contribution in [0.3, 0.4) is 0 Å². The van der Waals surface area contributed by atoms with Crippen LogP contribution < -0.4 is 5.32 Å². The number of ether oxygens (including phenoxy) is 2. The van der Waals surface area contributed by atoms with Crippen LogP contribution in [-0.2, 0) is 14.3 Å². The molecule has 1 N–H and O–H groups in total. The van der Waals surface area contributed by atoms with E-state index in [0.29, 0.717) is 11.0 Å². The van der Waals surface area contributed by atoms with Gasteiger partial charge >= 0.3 is 11.9 Å². The maximum atomic E-state index is 12.2. The molecule has 0 aliphatic carbocycles. The Labute approximate surface area is 160 Å². The third-order valence-electron chi connectivity index (χ3n) is 3.74. The summed E-state index contributed by atoms with van der Waals surface area (Å²) in [6.07, 6.45) is 3.07. The fourth-order valence-electron chi connectivity index (χ4n) is 2.47. The Morgan fingerprint density at radius 2 is 1.68 bits per heavy atom. The van der Waals surface area contributed by atoms with Crippen molar-refractivity contribution in [3.8, 4) is 0 Å². The standard InChI is InChI=1S/C20H17N3O5/c1-2-27-20(26)14-5-3-4-6-15(14)23-18(24)12-28-19(25)13-7-8-16-17(11-13)22-10-9-21-16/h3-11H,2,12H2,1H3,(H,23,24). The van der Waals surface area contributed by atoms with Crippen molar-refractivity contribution < 1.29 is 23.9 Å². The number of nitrogens with one attached hydrogen (secondary N) is 1. The minimum absolute atomic E-state index is 0.217. The van der Waals surface area contributed by atoms with Gasteiger partial charge in [0.05, 0.1) is 34.5 Å².